The summed E-state index contributed by atoms with van der Waals surface area (Å²) < 4.78 is 39.2. The molecule has 3 aromatic rings. The van der Waals surface area contributed by atoms with E-state index < -0.39 is 10.0 Å². The number of rotatable bonds is 6. The molecule has 0 aliphatic carbocycles. The number of hydrogen-bond acceptors (Lipinski definition) is 5. The van der Waals surface area contributed by atoms with Crippen molar-refractivity contribution in [2.75, 3.05) is 11.3 Å². The number of nitrogens with zero attached hydrogens (tertiary/aromatic N) is 1. The fourth-order valence-electron chi connectivity index (χ4n) is 2.71. The van der Waals surface area contributed by atoms with Crippen molar-refractivity contribution >= 4 is 15.7 Å². The molecule has 0 aliphatic rings. The molecule has 1 aromatic heterocycles. The van der Waals surface area contributed by atoms with E-state index in [4.69, 9.17) is 9.26 Å². The van der Waals surface area contributed by atoms with E-state index in [0.29, 0.717) is 34.9 Å². The summed E-state index contributed by atoms with van der Waals surface area (Å²) in [5.74, 6) is 1.26. The predicted molar refractivity (Wildman–Crippen MR) is 105 cm³/mol. The standard InChI is InChI=1S/C20H22N2O4S/c1-5-25-18-10-8-17(9-11-18)22-27(23,24)19-12-16(7-6-13(19)2)20-14(3)15(4)21-26-20/h6-12,22H,5H2,1-4H3. The van der Waals surface area contributed by atoms with Crippen LogP contribution in [0.1, 0.15) is 23.7 Å². The highest BCUT2D eigenvalue weighted by atomic mass is 32.2. The molecule has 0 radical (unpaired) electrons. The number of nitrogens with one attached hydrogen (secondary N) is 1. The van der Waals surface area contributed by atoms with Crippen LogP contribution in [0.15, 0.2) is 51.9 Å². The van der Waals surface area contributed by atoms with Crippen molar-refractivity contribution in [3.63, 3.8) is 0 Å². The van der Waals surface area contributed by atoms with Gasteiger partial charge in [-0.1, -0.05) is 17.3 Å². The largest absolute Gasteiger partial charge is 0.494 e. The lowest BCUT2D eigenvalue weighted by Crippen LogP contribution is -2.14. The fraction of sp³-hybridized carbons (Fsp3) is 0.250. The van der Waals surface area contributed by atoms with Crippen LogP contribution in [0.2, 0.25) is 0 Å². The number of hydrogen-bond donors (Lipinski definition) is 1. The van der Waals surface area contributed by atoms with Crippen molar-refractivity contribution in [2.45, 2.75) is 32.6 Å². The van der Waals surface area contributed by atoms with Gasteiger partial charge in [0.05, 0.1) is 17.2 Å². The van der Waals surface area contributed by atoms with Crippen LogP contribution in [0.5, 0.6) is 5.75 Å². The molecule has 3 rings (SSSR count). The summed E-state index contributed by atoms with van der Waals surface area (Å²) in [4.78, 5) is 0.197. The molecule has 0 aliphatic heterocycles. The Morgan fingerprint density at radius 3 is 2.37 bits per heavy atom. The normalized spacial score (nSPS) is 11.4. The van der Waals surface area contributed by atoms with Crippen LogP contribution >= 0.6 is 0 Å². The van der Waals surface area contributed by atoms with E-state index in [1.807, 2.05) is 26.8 Å². The first-order chi connectivity index (χ1) is 12.8. The van der Waals surface area contributed by atoms with Crippen molar-refractivity contribution in [3.05, 3.63) is 59.3 Å². The molecule has 6 nitrogen and oxygen atoms in total. The first-order valence-electron chi connectivity index (χ1n) is 8.61. The van der Waals surface area contributed by atoms with Gasteiger partial charge in [0, 0.05) is 16.8 Å². The molecule has 0 fully saturated rings. The maximum atomic E-state index is 12.9. The van der Waals surface area contributed by atoms with Crippen LogP contribution in [0.4, 0.5) is 5.69 Å². The lowest BCUT2D eigenvalue weighted by atomic mass is 10.1. The summed E-state index contributed by atoms with van der Waals surface area (Å²) in [7, 11) is -3.76. The number of sulfonamides is 1. The number of aromatic nitrogens is 1. The zero-order valence-electron chi connectivity index (χ0n) is 15.7. The second kappa shape index (κ2) is 7.44. The van der Waals surface area contributed by atoms with Crippen molar-refractivity contribution in [1.29, 1.82) is 0 Å². The van der Waals surface area contributed by atoms with Crippen LogP contribution < -0.4 is 9.46 Å². The Kier molecular flexibility index (Phi) is 5.23. The lowest BCUT2D eigenvalue weighted by molar-refractivity contribution is 0.340. The highest BCUT2D eigenvalue weighted by Gasteiger charge is 2.20. The van der Waals surface area contributed by atoms with Crippen molar-refractivity contribution < 1.29 is 17.7 Å². The third kappa shape index (κ3) is 3.98. The highest BCUT2D eigenvalue weighted by Crippen LogP contribution is 2.30. The average molecular weight is 386 g/mol. The van der Waals surface area contributed by atoms with Crippen LogP contribution in [0.3, 0.4) is 0 Å². The Labute approximate surface area is 159 Å². The van der Waals surface area contributed by atoms with Crippen molar-refractivity contribution in [1.82, 2.24) is 5.16 Å². The summed E-state index contributed by atoms with van der Waals surface area (Å²) in [6.45, 7) is 7.95. The Hall–Kier alpha value is -2.80. The van der Waals surface area contributed by atoms with Crippen LogP contribution in [-0.4, -0.2) is 20.2 Å². The molecule has 0 bridgehead atoms. The molecule has 1 heterocycles. The van der Waals surface area contributed by atoms with Gasteiger partial charge in [0.1, 0.15) is 5.75 Å². The molecular formula is C20H22N2O4S. The zero-order chi connectivity index (χ0) is 19.6. The van der Waals surface area contributed by atoms with Crippen LogP contribution in [-0.2, 0) is 10.0 Å². The second-order valence-corrected chi connectivity index (χ2v) is 7.92. The summed E-state index contributed by atoms with van der Waals surface area (Å²) >= 11 is 0. The molecule has 7 heteroatoms. The minimum Gasteiger partial charge on any atom is -0.494 e. The van der Waals surface area contributed by atoms with E-state index in [1.165, 1.54) is 0 Å². The van der Waals surface area contributed by atoms with Gasteiger partial charge in [-0.3, -0.25) is 4.72 Å². The third-order valence-corrected chi connectivity index (χ3v) is 5.84. The van der Waals surface area contributed by atoms with Gasteiger partial charge in [-0.25, -0.2) is 8.42 Å². The molecule has 0 amide bonds. The van der Waals surface area contributed by atoms with Gasteiger partial charge in [0.2, 0.25) is 0 Å². The molecule has 0 saturated carbocycles. The van der Waals surface area contributed by atoms with Crippen LogP contribution in [0, 0.1) is 20.8 Å². The minimum atomic E-state index is -3.76. The molecule has 0 atom stereocenters. The van der Waals surface area contributed by atoms with E-state index >= 15 is 0 Å². The second-order valence-electron chi connectivity index (χ2n) is 6.27. The van der Waals surface area contributed by atoms with E-state index in [9.17, 15) is 8.42 Å². The van der Waals surface area contributed by atoms with Gasteiger partial charge >= 0.3 is 0 Å². The topological polar surface area (TPSA) is 81.4 Å². The Morgan fingerprint density at radius 1 is 1.07 bits per heavy atom. The summed E-state index contributed by atoms with van der Waals surface area (Å²) in [6, 6.07) is 12.0. The molecule has 2 aromatic carbocycles. The fourth-order valence-corrected chi connectivity index (χ4v) is 4.04. The minimum absolute atomic E-state index is 0.197. The monoisotopic (exact) mass is 386 g/mol. The highest BCUT2D eigenvalue weighted by molar-refractivity contribution is 7.92. The van der Waals surface area contributed by atoms with Gasteiger partial charge < -0.3 is 9.26 Å². The Balaban J connectivity index is 1.94. The number of benzene rings is 2. The Bertz CT molecular complexity index is 1050. The van der Waals surface area contributed by atoms with Crippen molar-refractivity contribution in [2.24, 2.45) is 0 Å². The maximum absolute atomic E-state index is 12.9. The molecule has 27 heavy (non-hydrogen) atoms. The van der Waals surface area contributed by atoms with E-state index in [-0.39, 0.29) is 4.90 Å². The molecule has 0 spiro atoms. The predicted octanol–water partition coefficient (Wildman–Crippen LogP) is 4.47. The van der Waals surface area contributed by atoms with Gasteiger partial charge in [-0.2, -0.15) is 0 Å². The number of anilines is 1. The van der Waals surface area contributed by atoms with Gasteiger partial charge in [0.15, 0.2) is 5.76 Å². The smallest absolute Gasteiger partial charge is 0.262 e. The Morgan fingerprint density at radius 2 is 1.78 bits per heavy atom. The summed E-state index contributed by atoms with van der Waals surface area (Å²) in [6.07, 6.45) is 0. The molecule has 0 unspecified atom stereocenters. The molecule has 1 N–H and O–H groups in total. The maximum Gasteiger partial charge on any atom is 0.262 e. The van der Waals surface area contributed by atoms with Gasteiger partial charge in [0.25, 0.3) is 10.0 Å². The zero-order valence-corrected chi connectivity index (χ0v) is 16.6. The number of aryl methyl sites for hydroxylation is 2. The number of ether oxygens (including phenoxy) is 1. The van der Waals surface area contributed by atoms with Crippen molar-refractivity contribution in [3.8, 4) is 17.1 Å². The first kappa shape index (κ1) is 19.0. The third-order valence-electron chi connectivity index (χ3n) is 4.31. The van der Waals surface area contributed by atoms with Gasteiger partial charge in [-0.15, -0.1) is 0 Å². The van der Waals surface area contributed by atoms with E-state index in [2.05, 4.69) is 9.88 Å². The van der Waals surface area contributed by atoms with Gasteiger partial charge in [-0.05, 0) is 63.6 Å². The van der Waals surface area contributed by atoms with Crippen LogP contribution in [0.25, 0.3) is 11.3 Å². The first-order valence-corrected chi connectivity index (χ1v) is 10.1. The summed E-state index contributed by atoms with van der Waals surface area (Å²) in [5.41, 5.74) is 3.45. The van der Waals surface area contributed by atoms with E-state index in [1.54, 1.807) is 43.3 Å². The molecule has 0 saturated heterocycles. The average Bonchev–Trinajstić information content (AvgIpc) is 2.96. The molecule has 142 valence electrons. The quantitative estimate of drug-likeness (QED) is 0.676. The lowest BCUT2D eigenvalue weighted by Gasteiger charge is -2.12. The summed E-state index contributed by atoms with van der Waals surface area (Å²) in [5, 5.41) is 3.95. The molecular weight excluding hydrogens is 364 g/mol. The SMILES string of the molecule is CCOc1ccc(NS(=O)(=O)c2cc(-c3onc(C)c3C)ccc2C)cc1. The van der Waals surface area contributed by atoms with E-state index in [0.717, 1.165) is 11.3 Å².